The normalized spacial score (nSPS) is 11.2. The molecule has 0 N–H and O–H groups in total. The van der Waals surface area contributed by atoms with Gasteiger partial charge in [-0.3, -0.25) is 4.98 Å². The van der Waals surface area contributed by atoms with E-state index in [1.807, 2.05) is 6.07 Å². The van der Waals surface area contributed by atoms with E-state index in [-0.39, 0.29) is 0 Å². The molecule has 0 spiro atoms. The molecule has 0 unspecified atom stereocenters. The maximum absolute atomic E-state index is 5.97. The highest BCUT2D eigenvalue weighted by Crippen LogP contribution is 2.24. The number of imidazole rings is 1. The first-order valence-corrected chi connectivity index (χ1v) is 7.56. The van der Waals surface area contributed by atoms with Gasteiger partial charge in [0.25, 0.3) is 0 Å². The lowest BCUT2D eigenvalue weighted by molar-refractivity contribution is 0.789. The highest BCUT2D eigenvalue weighted by atomic mass is 79.9. The van der Waals surface area contributed by atoms with Gasteiger partial charge in [-0.05, 0) is 28.1 Å². The Hall–Kier alpha value is -0.910. The summed E-state index contributed by atoms with van der Waals surface area (Å²) in [6.45, 7) is 0.791. The van der Waals surface area contributed by atoms with Gasteiger partial charge in [0.2, 0.25) is 0 Å². The van der Waals surface area contributed by atoms with Gasteiger partial charge in [0, 0.05) is 20.9 Å². The minimum atomic E-state index is 0.404. The molecule has 0 aromatic carbocycles. The average molecular weight is 343 g/mol. The maximum atomic E-state index is 5.97. The van der Waals surface area contributed by atoms with E-state index >= 15 is 0 Å². The molecule has 0 atom stereocenters. The Labute approximate surface area is 122 Å². The minimum Gasteiger partial charge on any atom is -0.322 e. The Morgan fingerprint density at radius 2 is 2.33 bits per heavy atom. The molecule has 0 aliphatic carbocycles. The van der Waals surface area contributed by atoms with Crippen molar-refractivity contribution in [2.24, 2.45) is 0 Å². The van der Waals surface area contributed by atoms with Crippen LogP contribution in [0.3, 0.4) is 0 Å². The van der Waals surface area contributed by atoms with Gasteiger partial charge in [-0.25, -0.2) is 4.98 Å². The van der Waals surface area contributed by atoms with Gasteiger partial charge in [-0.2, -0.15) is 0 Å². The Morgan fingerprint density at radius 1 is 1.44 bits per heavy atom. The molecule has 0 fully saturated rings. The van der Waals surface area contributed by atoms with Crippen LogP contribution >= 0.6 is 38.9 Å². The number of halogens is 2. The first-order chi connectivity index (χ1) is 8.78. The third-order valence-electron chi connectivity index (χ3n) is 2.68. The predicted octanol–water partition coefficient (Wildman–Crippen LogP) is 4.04. The second kappa shape index (κ2) is 4.99. The third-order valence-corrected chi connectivity index (χ3v) is 4.61. The number of alkyl halides is 1. The van der Waals surface area contributed by atoms with E-state index in [0.29, 0.717) is 5.88 Å². The van der Waals surface area contributed by atoms with Gasteiger partial charge in [-0.15, -0.1) is 22.9 Å². The molecule has 0 aliphatic rings. The molecule has 18 heavy (non-hydrogen) atoms. The maximum Gasteiger partial charge on any atom is 0.125 e. The zero-order valence-electron chi connectivity index (χ0n) is 9.31. The third kappa shape index (κ3) is 2.18. The molecule has 3 aromatic heterocycles. The zero-order valence-corrected chi connectivity index (χ0v) is 12.5. The summed E-state index contributed by atoms with van der Waals surface area (Å²) in [5.74, 6) is 1.28. The molecule has 3 nitrogen and oxygen atoms in total. The van der Waals surface area contributed by atoms with Crippen LogP contribution < -0.4 is 0 Å². The Bertz CT molecular complexity index is 692. The largest absolute Gasteiger partial charge is 0.322 e. The number of rotatable bonds is 3. The van der Waals surface area contributed by atoms with Gasteiger partial charge in [0.05, 0.1) is 24.1 Å². The lowest BCUT2D eigenvalue weighted by atomic mass is 10.4. The van der Waals surface area contributed by atoms with Crippen molar-refractivity contribution in [1.29, 1.82) is 0 Å². The van der Waals surface area contributed by atoms with Crippen LogP contribution in [0.25, 0.3) is 11.0 Å². The van der Waals surface area contributed by atoms with E-state index in [1.54, 1.807) is 23.7 Å². The summed E-state index contributed by atoms with van der Waals surface area (Å²) in [5.41, 5.74) is 1.97. The number of fused-ring (bicyclic) bond motifs is 1. The monoisotopic (exact) mass is 341 g/mol. The van der Waals surface area contributed by atoms with Gasteiger partial charge in [0.15, 0.2) is 0 Å². The fourth-order valence-corrected chi connectivity index (χ4v) is 3.55. The van der Waals surface area contributed by atoms with E-state index in [2.05, 4.69) is 41.9 Å². The number of hydrogen-bond acceptors (Lipinski definition) is 3. The molecule has 0 bridgehead atoms. The van der Waals surface area contributed by atoms with Crippen molar-refractivity contribution in [3.63, 3.8) is 0 Å². The number of pyridine rings is 1. The Morgan fingerprint density at radius 3 is 3.06 bits per heavy atom. The molecule has 92 valence electrons. The van der Waals surface area contributed by atoms with Gasteiger partial charge >= 0.3 is 0 Å². The fourth-order valence-electron chi connectivity index (χ4n) is 1.90. The van der Waals surface area contributed by atoms with Crippen LogP contribution in [0.1, 0.15) is 10.7 Å². The van der Waals surface area contributed by atoms with E-state index < -0.39 is 0 Å². The molecule has 6 heteroatoms. The molecule has 0 radical (unpaired) electrons. The quantitative estimate of drug-likeness (QED) is 0.673. The lowest BCUT2D eigenvalue weighted by Gasteiger charge is -2.05. The summed E-state index contributed by atoms with van der Waals surface area (Å²) in [6.07, 6.45) is 3.55. The van der Waals surface area contributed by atoms with Crippen LogP contribution in [-0.4, -0.2) is 14.5 Å². The molecular weight excluding hydrogens is 334 g/mol. The van der Waals surface area contributed by atoms with E-state index in [0.717, 1.165) is 27.9 Å². The first kappa shape index (κ1) is 12.1. The molecule has 3 rings (SSSR count). The van der Waals surface area contributed by atoms with Crippen molar-refractivity contribution in [3.8, 4) is 0 Å². The van der Waals surface area contributed by atoms with E-state index in [1.165, 1.54) is 4.88 Å². The molecule has 3 heterocycles. The van der Waals surface area contributed by atoms with Crippen molar-refractivity contribution in [1.82, 2.24) is 14.5 Å². The van der Waals surface area contributed by atoms with Crippen LogP contribution in [0.5, 0.6) is 0 Å². The van der Waals surface area contributed by atoms with Crippen LogP contribution in [0.4, 0.5) is 0 Å². The number of thiophene rings is 1. The lowest BCUT2D eigenvalue weighted by Crippen LogP contribution is -2.02. The second-order valence-corrected chi connectivity index (χ2v) is 6.02. The van der Waals surface area contributed by atoms with Crippen LogP contribution in [0, 0.1) is 0 Å². The molecule has 3 aromatic rings. The summed E-state index contributed by atoms with van der Waals surface area (Å²) < 4.78 is 3.25. The zero-order chi connectivity index (χ0) is 12.5. The fraction of sp³-hybridized carbons (Fsp3) is 0.167. The van der Waals surface area contributed by atoms with Crippen molar-refractivity contribution < 1.29 is 0 Å². The SMILES string of the molecule is ClCc1nc2cnccc2n1Cc1cc(Br)cs1. The van der Waals surface area contributed by atoms with Crippen LogP contribution in [0.15, 0.2) is 34.4 Å². The van der Waals surface area contributed by atoms with E-state index in [9.17, 15) is 0 Å². The molecule has 0 aliphatic heterocycles. The predicted molar refractivity (Wildman–Crippen MR) is 78.2 cm³/mol. The highest BCUT2D eigenvalue weighted by molar-refractivity contribution is 9.10. The molecule has 0 saturated carbocycles. The summed E-state index contributed by atoms with van der Waals surface area (Å²) in [4.78, 5) is 9.85. The van der Waals surface area contributed by atoms with Crippen LogP contribution in [-0.2, 0) is 12.4 Å². The second-order valence-electron chi connectivity index (χ2n) is 3.84. The van der Waals surface area contributed by atoms with Crippen molar-refractivity contribution >= 4 is 49.9 Å². The Balaban J connectivity index is 2.09. The summed E-state index contributed by atoms with van der Waals surface area (Å²) >= 11 is 11.2. The number of nitrogens with zero attached hydrogens (tertiary/aromatic N) is 3. The van der Waals surface area contributed by atoms with Crippen molar-refractivity contribution in [2.75, 3.05) is 0 Å². The minimum absolute atomic E-state index is 0.404. The van der Waals surface area contributed by atoms with Crippen molar-refractivity contribution in [3.05, 3.63) is 45.1 Å². The average Bonchev–Trinajstić information content (AvgIpc) is 2.94. The summed E-state index contributed by atoms with van der Waals surface area (Å²) in [7, 11) is 0. The topological polar surface area (TPSA) is 30.7 Å². The standard InChI is InChI=1S/C12H9BrClN3S/c13-8-3-9(18-7-8)6-17-11-1-2-15-5-10(11)16-12(17)4-14/h1-3,5,7H,4,6H2. The summed E-state index contributed by atoms with van der Waals surface area (Å²) in [6, 6.07) is 4.09. The Kier molecular flexibility index (Phi) is 3.37. The highest BCUT2D eigenvalue weighted by Gasteiger charge is 2.10. The first-order valence-electron chi connectivity index (χ1n) is 5.36. The summed E-state index contributed by atoms with van der Waals surface area (Å²) in [5, 5.41) is 2.08. The van der Waals surface area contributed by atoms with Gasteiger partial charge in [0.1, 0.15) is 11.3 Å². The van der Waals surface area contributed by atoms with Gasteiger partial charge in [-0.1, -0.05) is 0 Å². The van der Waals surface area contributed by atoms with Gasteiger partial charge < -0.3 is 4.57 Å². The van der Waals surface area contributed by atoms with E-state index in [4.69, 9.17) is 11.6 Å². The smallest absolute Gasteiger partial charge is 0.125 e. The molecule has 0 amide bonds. The molecule has 0 saturated heterocycles. The van der Waals surface area contributed by atoms with Crippen molar-refractivity contribution in [2.45, 2.75) is 12.4 Å². The number of hydrogen-bond donors (Lipinski definition) is 0. The number of aromatic nitrogens is 3. The molecular formula is C12H9BrClN3S. The van der Waals surface area contributed by atoms with Crippen LogP contribution in [0.2, 0.25) is 0 Å².